The van der Waals surface area contributed by atoms with E-state index in [9.17, 15) is 8.42 Å². The predicted molar refractivity (Wildman–Crippen MR) is 47.2 cm³/mol. The number of hydrogen-bond donors (Lipinski definition) is 3. The fourth-order valence-corrected chi connectivity index (χ4v) is 0.720. The monoisotopic (exact) mass is 224 g/mol. The molecule has 0 radical (unpaired) electrons. The van der Waals surface area contributed by atoms with Crippen LogP contribution >= 0.6 is 0 Å². The number of ether oxygens (including phenoxy) is 1. The minimum atomic E-state index is -4.06. The SMILES string of the molecule is CC(O)C(O)OCCS(=O)(=O)O.[NaH]. The van der Waals surface area contributed by atoms with E-state index in [0.717, 1.165) is 0 Å². The summed E-state index contributed by atoms with van der Waals surface area (Å²) in [5.41, 5.74) is 0. The first-order chi connectivity index (χ1) is 5.33. The van der Waals surface area contributed by atoms with Gasteiger partial charge < -0.3 is 14.9 Å². The van der Waals surface area contributed by atoms with Crippen LogP contribution in [0.25, 0.3) is 0 Å². The van der Waals surface area contributed by atoms with Crippen molar-refractivity contribution in [1.29, 1.82) is 0 Å². The molecule has 0 saturated carbocycles. The van der Waals surface area contributed by atoms with Gasteiger partial charge in [0, 0.05) is 0 Å². The van der Waals surface area contributed by atoms with Gasteiger partial charge in [0.2, 0.25) is 0 Å². The average Bonchev–Trinajstić information content (AvgIpc) is 1.84. The predicted octanol–water partition coefficient (Wildman–Crippen LogP) is -2.06. The molecule has 0 amide bonds. The van der Waals surface area contributed by atoms with Gasteiger partial charge in [-0.05, 0) is 6.92 Å². The van der Waals surface area contributed by atoms with E-state index in [1.807, 2.05) is 0 Å². The first-order valence-corrected chi connectivity index (χ1v) is 4.87. The molecule has 0 heterocycles. The summed E-state index contributed by atoms with van der Waals surface area (Å²) in [7, 11) is -4.06. The molecule has 0 rings (SSSR count). The molecule has 8 heteroatoms. The third kappa shape index (κ3) is 10.7. The van der Waals surface area contributed by atoms with Crippen LogP contribution in [0.1, 0.15) is 6.92 Å². The zero-order chi connectivity index (χ0) is 9.78. The van der Waals surface area contributed by atoms with Crippen LogP contribution in [-0.2, 0) is 14.9 Å². The standard InChI is InChI=1S/C5H12O6S.Na.H/c1-4(6)5(7)11-2-3-12(8,9)10;;/h4-7H,2-3H2,1H3,(H,8,9,10);;. The van der Waals surface area contributed by atoms with Crippen LogP contribution in [0.5, 0.6) is 0 Å². The molecule has 6 nitrogen and oxygen atoms in total. The summed E-state index contributed by atoms with van der Waals surface area (Å²) < 4.78 is 32.9. The van der Waals surface area contributed by atoms with E-state index in [4.69, 9.17) is 14.8 Å². The van der Waals surface area contributed by atoms with E-state index in [2.05, 4.69) is 4.74 Å². The molecule has 2 unspecified atom stereocenters. The topological polar surface area (TPSA) is 104 Å². The Morgan fingerprint density at radius 1 is 1.38 bits per heavy atom. The van der Waals surface area contributed by atoms with Crippen LogP contribution in [0.3, 0.4) is 0 Å². The summed E-state index contributed by atoms with van der Waals surface area (Å²) in [5, 5.41) is 17.4. The second-order valence-corrected chi connectivity index (χ2v) is 3.86. The average molecular weight is 224 g/mol. The van der Waals surface area contributed by atoms with E-state index in [0.29, 0.717) is 0 Å². The molecule has 3 N–H and O–H groups in total. The Morgan fingerprint density at radius 2 is 1.85 bits per heavy atom. The molecule has 13 heavy (non-hydrogen) atoms. The third-order valence-electron chi connectivity index (χ3n) is 1.04. The minimum absolute atomic E-state index is 0. The first kappa shape index (κ1) is 16.2. The van der Waals surface area contributed by atoms with E-state index < -0.39 is 28.3 Å². The maximum atomic E-state index is 10.1. The molecular formula is C5H13NaO6S. The second-order valence-electron chi connectivity index (χ2n) is 2.29. The van der Waals surface area contributed by atoms with E-state index in [1.54, 1.807) is 0 Å². The van der Waals surface area contributed by atoms with Gasteiger partial charge in [-0.2, -0.15) is 8.42 Å². The van der Waals surface area contributed by atoms with Gasteiger partial charge in [0.25, 0.3) is 10.1 Å². The molecule has 0 aromatic rings. The fourth-order valence-electron chi connectivity index (χ4n) is 0.413. The van der Waals surface area contributed by atoms with Gasteiger partial charge in [0.1, 0.15) is 6.10 Å². The van der Waals surface area contributed by atoms with Crippen molar-refractivity contribution < 1.29 is 27.9 Å². The summed E-state index contributed by atoms with van der Waals surface area (Å²) in [4.78, 5) is 0. The van der Waals surface area contributed by atoms with Crippen LogP contribution in [0.2, 0.25) is 0 Å². The number of aliphatic hydroxyl groups is 2. The Hall–Kier alpha value is 0.790. The van der Waals surface area contributed by atoms with Crippen molar-refractivity contribution in [3.8, 4) is 0 Å². The molecule has 0 aliphatic rings. The summed E-state index contributed by atoms with van der Waals surface area (Å²) in [5.74, 6) is -0.600. The normalized spacial score (nSPS) is 16.0. The van der Waals surface area contributed by atoms with Gasteiger partial charge in [-0.3, -0.25) is 4.55 Å². The molecule has 0 aromatic heterocycles. The number of hydrogen-bond acceptors (Lipinski definition) is 5. The van der Waals surface area contributed by atoms with Crippen LogP contribution in [0, 0.1) is 0 Å². The number of aliphatic hydroxyl groups excluding tert-OH is 2. The van der Waals surface area contributed by atoms with Gasteiger partial charge in [0.15, 0.2) is 6.29 Å². The molecule has 2 atom stereocenters. The van der Waals surface area contributed by atoms with Crippen molar-refractivity contribution in [3.05, 3.63) is 0 Å². The summed E-state index contributed by atoms with van der Waals surface area (Å²) in [6.45, 7) is 0.934. The van der Waals surface area contributed by atoms with Crippen molar-refractivity contribution in [2.24, 2.45) is 0 Å². The maximum absolute atomic E-state index is 10.1. The molecular weight excluding hydrogens is 211 g/mol. The van der Waals surface area contributed by atoms with Crippen molar-refractivity contribution in [3.63, 3.8) is 0 Å². The van der Waals surface area contributed by atoms with Crippen LogP contribution in [0.15, 0.2) is 0 Å². The number of rotatable bonds is 5. The summed E-state index contributed by atoms with van der Waals surface area (Å²) >= 11 is 0. The molecule has 0 aliphatic carbocycles. The molecule has 0 aliphatic heterocycles. The van der Waals surface area contributed by atoms with Crippen LogP contribution in [-0.4, -0.2) is 77.5 Å². The van der Waals surface area contributed by atoms with Gasteiger partial charge in [-0.15, -0.1) is 0 Å². The first-order valence-electron chi connectivity index (χ1n) is 3.26. The summed E-state index contributed by atoms with van der Waals surface area (Å²) in [6.07, 6.45) is -2.52. The second kappa shape index (κ2) is 7.13. The quantitative estimate of drug-likeness (QED) is 0.282. The van der Waals surface area contributed by atoms with Crippen molar-refractivity contribution in [1.82, 2.24) is 0 Å². The molecule has 0 fully saturated rings. The molecule has 0 aromatic carbocycles. The molecule has 76 valence electrons. The van der Waals surface area contributed by atoms with Crippen LogP contribution in [0.4, 0.5) is 0 Å². The summed E-state index contributed by atoms with van der Waals surface area (Å²) in [6, 6.07) is 0. The molecule has 0 saturated heterocycles. The van der Waals surface area contributed by atoms with Gasteiger partial charge in [-0.25, -0.2) is 0 Å². The molecule has 0 bridgehead atoms. The van der Waals surface area contributed by atoms with Crippen molar-refractivity contribution in [2.75, 3.05) is 12.4 Å². The van der Waals surface area contributed by atoms with Crippen molar-refractivity contribution in [2.45, 2.75) is 19.3 Å². The van der Waals surface area contributed by atoms with Crippen LogP contribution < -0.4 is 0 Å². The van der Waals surface area contributed by atoms with Crippen molar-refractivity contribution >= 4 is 39.7 Å². The van der Waals surface area contributed by atoms with E-state index in [1.165, 1.54) is 6.92 Å². The van der Waals surface area contributed by atoms with E-state index >= 15 is 0 Å². The van der Waals surface area contributed by atoms with Gasteiger partial charge in [0.05, 0.1) is 12.4 Å². The molecule has 0 spiro atoms. The fraction of sp³-hybridized carbons (Fsp3) is 1.00. The van der Waals surface area contributed by atoms with Gasteiger partial charge >= 0.3 is 29.6 Å². The van der Waals surface area contributed by atoms with E-state index in [-0.39, 0.29) is 36.2 Å². The Labute approximate surface area is 98.9 Å². The Kier molecular flexibility index (Phi) is 8.90. The zero-order valence-corrected chi connectivity index (χ0v) is 7.36. The zero-order valence-electron chi connectivity index (χ0n) is 6.54. The Morgan fingerprint density at radius 3 is 2.15 bits per heavy atom. The third-order valence-corrected chi connectivity index (χ3v) is 1.73. The van der Waals surface area contributed by atoms with Gasteiger partial charge in [-0.1, -0.05) is 0 Å². The Bertz CT molecular complexity index is 213. The Balaban J connectivity index is 0.